The van der Waals surface area contributed by atoms with Crippen LogP contribution in [0.25, 0.3) is 10.9 Å². The Morgan fingerprint density at radius 2 is 2.00 bits per heavy atom. The summed E-state index contributed by atoms with van der Waals surface area (Å²) in [7, 11) is 0. The Labute approximate surface area is 123 Å². The second-order valence-corrected chi connectivity index (χ2v) is 5.81. The zero-order chi connectivity index (χ0) is 14.8. The molecule has 0 saturated heterocycles. The summed E-state index contributed by atoms with van der Waals surface area (Å²) in [5.74, 6) is 0.237. The summed E-state index contributed by atoms with van der Waals surface area (Å²) in [6, 6.07) is 7.05. The van der Waals surface area contributed by atoms with Crippen molar-refractivity contribution in [1.29, 1.82) is 0 Å². The monoisotopic (exact) mass is 286 g/mol. The van der Waals surface area contributed by atoms with Crippen molar-refractivity contribution < 1.29 is 9.18 Å². The lowest BCUT2D eigenvalue weighted by atomic mass is 9.80. The molecule has 0 aliphatic heterocycles. The summed E-state index contributed by atoms with van der Waals surface area (Å²) in [6.45, 7) is 1.56. The number of nitrogens with one attached hydrogen (secondary N) is 1. The molecule has 21 heavy (non-hydrogen) atoms. The minimum atomic E-state index is -0.219. The maximum absolute atomic E-state index is 13.5. The third-order valence-corrected chi connectivity index (χ3v) is 4.31. The Kier molecular flexibility index (Phi) is 3.86. The molecular weight excluding hydrogens is 267 g/mol. The minimum absolute atomic E-state index is 0.0369. The molecule has 1 N–H and O–H groups in total. The number of fused-ring (bicyclic) bond motifs is 1. The van der Waals surface area contributed by atoms with Crippen LogP contribution in [0.4, 0.5) is 4.39 Å². The van der Waals surface area contributed by atoms with Crippen LogP contribution < -0.4 is 5.32 Å². The molecule has 0 spiro atoms. The number of carbonyl (C=O) groups excluding carboxylic acids is 1. The van der Waals surface area contributed by atoms with Gasteiger partial charge < -0.3 is 5.32 Å². The minimum Gasteiger partial charge on any atom is -0.354 e. The lowest BCUT2D eigenvalue weighted by molar-refractivity contribution is -0.119. The third kappa shape index (κ3) is 3.04. The molecule has 1 saturated carbocycles. The van der Waals surface area contributed by atoms with Crippen molar-refractivity contribution >= 4 is 16.8 Å². The van der Waals surface area contributed by atoms with Gasteiger partial charge in [-0.05, 0) is 61.4 Å². The van der Waals surface area contributed by atoms with Crippen LogP contribution in [-0.4, -0.2) is 16.9 Å². The molecular formula is C17H19FN2O. The number of halogens is 1. The van der Waals surface area contributed by atoms with E-state index < -0.39 is 0 Å². The first kappa shape index (κ1) is 14.0. The van der Waals surface area contributed by atoms with Crippen molar-refractivity contribution in [2.75, 3.05) is 0 Å². The van der Waals surface area contributed by atoms with Crippen LogP contribution in [0, 0.1) is 5.82 Å². The zero-order valence-corrected chi connectivity index (χ0v) is 12.1. The van der Waals surface area contributed by atoms with Crippen LogP contribution >= 0.6 is 0 Å². The van der Waals surface area contributed by atoms with Crippen molar-refractivity contribution in [1.82, 2.24) is 10.3 Å². The van der Waals surface area contributed by atoms with Gasteiger partial charge in [-0.15, -0.1) is 0 Å². The van der Waals surface area contributed by atoms with Crippen LogP contribution in [0.5, 0.6) is 0 Å². The van der Waals surface area contributed by atoms with E-state index in [1.54, 1.807) is 25.3 Å². The largest absolute Gasteiger partial charge is 0.354 e. The van der Waals surface area contributed by atoms with E-state index in [4.69, 9.17) is 0 Å². The number of hydrogen-bond acceptors (Lipinski definition) is 2. The lowest BCUT2D eigenvalue weighted by Crippen LogP contribution is -2.35. The van der Waals surface area contributed by atoms with Gasteiger partial charge in [0, 0.05) is 24.5 Å². The first-order valence-electron chi connectivity index (χ1n) is 7.45. The molecule has 1 fully saturated rings. The average molecular weight is 286 g/mol. The van der Waals surface area contributed by atoms with E-state index in [0.29, 0.717) is 5.92 Å². The zero-order valence-electron chi connectivity index (χ0n) is 12.1. The van der Waals surface area contributed by atoms with E-state index in [1.807, 2.05) is 6.07 Å². The summed E-state index contributed by atoms with van der Waals surface area (Å²) in [5.41, 5.74) is 2.03. The third-order valence-electron chi connectivity index (χ3n) is 4.31. The van der Waals surface area contributed by atoms with Gasteiger partial charge in [-0.2, -0.15) is 0 Å². The fourth-order valence-corrected chi connectivity index (χ4v) is 3.33. The summed E-state index contributed by atoms with van der Waals surface area (Å²) < 4.78 is 13.5. The van der Waals surface area contributed by atoms with E-state index in [1.165, 1.54) is 11.6 Å². The molecule has 1 aliphatic carbocycles. The molecule has 4 heteroatoms. The number of pyridine rings is 1. The molecule has 0 unspecified atom stereocenters. The molecule has 1 aliphatic rings. The highest BCUT2D eigenvalue weighted by Crippen LogP contribution is 2.36. The molecule has 3 rings (SSSR count). The predicted molar refractivity (Wildman–Crippen MR) is 80.5 cm³/mol. The van der Waals surface area contributed by atoms with Gasteiger partial charge in [-0.25, -0.2) is 4.39 Å². The van der Waals surface area contributed by atoms with Crippen molar-refractivity contribution in [3.63, 3.8) is 0 Å². The fourth-order valence-electron chi connectivity index (χ4n) is 3.33. The van der Waals surface area contributed by atoms with Crippen LogP contribution in [-0.2, 0) is 4.79 Å². The van der Waals surface area contributed by atoms with Crippen LogP contribution in [0.1, 0.15) is 44.1 Å². The van der Waals surface area contributed by atoms with Gasteiger partial charge in [0.05, 0.1) is 5.52 Å². The van der Waals surface area contributed by atoms with E-state index >= 15 is 0 Å². The maximum Gasteiger partial charge on any atom is 0.217 e. The highest BCUT2D eigenvalue weighted by atomic mass is 19.1. The summed E-state index contributed by atoms with van der Waals surface area (Å²) in [4.78, 5) is 15.4. The van der Waals surface area contributed by atoms with E-state index in [9.17, 15) is 9.18 Å². The summed E-state index contributed by atoms with van der Waals surface area (Å²) in [5, 5.41) is 3.91. The molecule has 1 aromatic carbocycles. The van der Waals surface area contributed by atoms with Gasteiger partial charge in [-0.1, -0.05) is 0 Å². The number of amides is 1. The molecule has 1 amide bonds. The van der Waals surface area contributed by atoms with Gasteiger partial charge in [-0.3, -0.25) is 9.78 Å². The standard InChI is InChI=1S/C17H19FN2O/c1-11(21)20-14-5-2-12(3-6-14)15-8-9-19-17-7-4-13(18)10-16(15)17/h4,7-10,12,14H,2-3,5-6H2,1H3,(H,20,21). The highest BCUT2D eigenvalue weighted by Gasteiger charge is 2.24. The molecule has 0 radical (unpaired) electrons. The van der Waals surface area contributed by atoms with Gasteiger partial charge in [0.2, 0.25) is 5.91 Å². The maximum atomic E-state index is 13.5. The van der Waals surface area contributed by atoms with Gasteiger partial charge >= 0.3 is 0 Å². The van der Waals surface area contributed by atoms with E-state index in [2.05, 4.69) is 10.3 Å². The Balaban J connectivity index is 1.82. The molecule has 0 bridgehead atoms. The molecule has 110 valence electrons. The van der Waals surface area contributed by atoms with Crippen molar-refractivity contribution in [2.24, 2.45) is 0 Å². The second-order valence-electron chi connectivity index (χ2n) is 5.81. The fraction of sp³-hybridized carbons (Fsp3) is 0.412. The van der Waals surface area contributed by atoms with E-state index in [0.717, 1.165) is 36.6 Å². The number of benzene rings is 1. The average Bonchev–Trinajstić information content (AvgIpc) is 2.47. The lowest BCUT2D eigenvalue weighted by Gasteiger charge is -2.29. The molecule has 1 aromatic heterocycles. The Morgan fingerprint density at radius 3 is 2.71 bits per heavy atom. The van der Waals surface area contributed by atoms with Gasteiger partial charge in [0.25, 0.3) is 0 Å². The summed E-state index contributed by atoms with van der Waals surface area (Å²) >= 11 is 0. The number of nitrogens with zero attached hydrogens (tertiary/aromatic N) is 1. The topological polar surface area (TPSA) is 42.0 Å². The number of carbonyl (C=O) groups is 1. The van der Waals surface area contributed by atoms with Crippen LogP contribution in [0.15, 0.2) is 30.5 Å². The summed E-state index contributed by atoms with van der Waals surface area (Å²) in [6.07, 6.45) is 5.78. The normalized spacial score (nSPS) is 22.2. The number of aromatic nitrogens is 1. The van der Waals surface area contributed by atoms with Crippen molar-refractivity contribution in [3.05, 3.63) is 41.8 Å². The van der Waals surface area contributed by atoms with Crippen LogP contribution in [0.2, 0.25) is 0 Å². The SMILES string of the molecule is CC(=O)NC1CCC(c2ccnc3ccc(F)cc23)CC1. The van der Waals surface area contributed by atoms with E-state index in [-0.39, 0.29) is 17.8 Å². The van der Waals surface area contributed by atoms with Crippen LogP contribution in [0.3, 0.4) is 0 Å². The molecule has 3 nitrogen and oxygen atoms in total. The predicted octanol–water partition coefficient (Wildman–Crippen LogP) is 3.54. The molecule has 1 heterocycles. The Morgan fingerprint density at radius 1 is 1.24 bits per heavy atom. The first-order chi connectivity index (χ1) is 10.1. The first-order valence-corrected chi connectivity index (χ1v) is 7.45. The van der Waals surface area contributed by atoms with Gasteiger partial charge in [0.15, 0.2) is 0 Å². The second kappa shape index (κ2) is 5.80. The Bertz CT molecular complexity index is 663. The highest BCUT2D eigenvalue weighted by molar-refractivity contribution is 5.82. The van der Waals surface area contributed by atoms with Crippen molar-refractivity contribution in [2.45, 2.75) is 44.6 Å². The number of rotatable bonds is 2. The Hall–Kier alpha value is -1.97. The van der Waals surface area contributed by atoms with Crippen molar-refractivity contribution in [3.8, 4) is 0 Å². The smallest absolute Gasteiger partial charge is 0.217 e. The van der Waals surface area contributed by atoms with Gasteiger partial charge in [0.1, 0.15) is 5.82 Å². The number of hydrogen-bond donors (Lipinski definition) is 1. The molecule has 2 aromatic rings. The molecule has 0 atom stereocenters. The quantitative estimate of drug-likeness (QED) is 0.917.